The van der Waals surface area contributed by atoms with Gasteiger partial charge in [-0.15, -0.1) is 0 Å². The fraction of sp³-hybridized carbons (Fsp3) is 0.500. The molecule has 1 rings (SSSR count). The van der Waals surface area contributed by atoms with Crippen molar-refractivity contribution in [1.82, 2.24) is 9.88 Å². The number of halogens is 1. The molecule has 0 spiro atoms. The maximum absolute atomic E-state index is 12.3. The van der Waals surface area contributed by atoms with Gasteiger partial charge in [-0.2, -0.15) is 5.26 Å². The molecule has 0 aliphatic carbocycles. The smallest absolute Gasteiger partial charge is 0.255 e. The van der Waals surface area contributed by atoms with Crippen molar-refractivity contribution in [3.63, 3.8) is 0 Å². The average molecular weight is 295 g/mol. The first kappa shape index (κ1) is 16.3. The second kappa shape index (κ2) is 7.71. The molecule has 0 fully saturated rings. The minimum Gasteiger partial charge on any atom is -0.370 e. The van der Waals surface area contributed by atoms with E-state index in [9.17, 15) is 4.79 Å². The number of pyridine rings is 1. The fourth-order valence-electron chi connectivity index (χ4n) is 1.69. The Labute approximate surface area is 124 Å². The van der Waals surface area contributed by atoms with E-state index in [-0.39, 0.29) is 11.8 Å². The van der Waals surface area contributed by atoms with Crippen molar-refractivity contribution in [2.24, 2.45) is 5.92 Å². The van der Waals surface area contributed by atoms with Gasteiger partial charge in [-0.05, 0) is 19.4 Å². The molecular formula is C14H19ClN4O. The number of hydrogen-bond acceptors (Lipinski definition) is 4. The van der Waals surface area contributed by atoms with E-state index in [0.29, 0.717) is 22.9 Å². The van der Waals surface area contributed by atoms with Gasteiger partial charge in [-0.25, -0.2) is 4.98 Å². The maximum atomic E-state index is 12.3. The Hall–Kier alpha value is -1.80. The fourth-order valence-corrected chi connectivity index (χ4v) is 1.88. The summed E-state index contributed by atoms with van der Waals surface area (Å²) in [6.45, 7) is 4.97. The summed E-state index contributed by atoms with van der Waals surface area (Å²) >= 11 is 6.04. The molecule has 108 valence electrons. The molecule has 1 atom stereocenters. The molecule has 1 N–H and O–H groups in total. The van der Waals surface area contributed by atoms with Crippen LogP contribution >= 0.6 is 11.6 Å². The third kappa shape index (κ3) is 4.39. The van der Waals surface area contributed by atoms with Crippen LogP contribution in [0.1, 0.15) is 30.6 Å². The monoisotopic (exact) mass is 294 g/mol. The van der Waals surface area contributed by atoms with Crippen LogP contribution < -0.4 is 5.32 Å². The van der Waals surface area contributed by atoms with Gasteiger partial charge in [0.2, 0.25) is 0 Å². The highest BCUT2D eigenvalue weighted by molar-refractivity contribution is 6.33. The van der Waals surface area contributed by atoms with Gasteiger partial charge in [-0.3, -0.25) is 4.79 Å². The van der Waals surface area contributed by atoms with Crippen LogP contribution in [0.15, 0.2) is 12.3 Å². The van der Waals surface area contributed by atoms with E-state index in [1.165, 1.54) is 11.1 Å². The van der Waals surface area contributed by atoms with Crippen LogP contribution in [-0.2, 0) is 0 Å². The lowest BCUT2D eigenvalue weighted by molar-refractivity contribution is 0.0785. The number of nitriles is 1. The van der Waals surface area contributed by atoms with Crippen molar-refractivity contribution in [3.05, 3.63) is 22.8 Å². The summed E-state index contributed by atoms with van der Waals surface area (Å²) in [5.74, 6) is 0.197. The minimum absolute atomic E-state index is 0.209. The molecule has 1 aromatic heterocycles. The second-order valence-electron chi connectivity index (χ2n) is 4.69. The topological polar surface area (TPSA) is 69.0 Å². The lowest BCUT2D eigenvalue weighted by atomic mass is 10.1. The highest BCUT2D eigenvalue weighted by Gasteiger charge is 2.18. The van der Waals surface area contributed by atoms with Crippen LogP contribution in [0.3, 0.4) is 0 Å². The largest absolute Gasteiger partial charge is 0.370 e. The average Bonchev–Trinajstić information content (AvgIpc) is 2.45. The van der Waals surface area contributed by atoms with Gasteiger partial charge in [0.1, 0.15) is 5.82 Å². The Balaban J connectivity index is 2.88. The summed E-state index contributed by atoms with van der Waals surface area (Å²) in [6, 6.07) is 3.75. The molecule has 0 saturated carbocycles. The number of rotatable bonds is 6. The number of hydrogen-bond donors (Lipinski definition) is 1. The van der Waals surface area contributed by atoms with Crippen LogP contribution in [0.25, 0.3) is 0 Å². The summed E-state index contributed by atoms with van der Waals surface area (Å²) in [5.41, 5.74) is 0.396. The maximum Gasteiger partial charge on any atom is 0.255 e. The van der Waals surface area contributed by atoms with Crippen LogP contribution in [0.5, 0.6) is 0 Å². The number of nitrogens with zero attached hydrogens (tertiary/aromatic N) is 3. The zero-order chi connectivity index (χ0) is 15.1. The molecule has 0 radical (unpaired) electrons. The van der Waals surface area contributed by atoms with Gasteiger partial charge in [-0.1, -0.05) is 18.5 Å². The third-order valence-corrected chi connectivity index (χ3v) is 3.06. The number of carbonyl (C=O) groups is 1. The normalized spacial score (nSPS) is 11.6. The van der Waals surface area contributed by atoms with Crippen molar-refractivity contribution in [1.29, 1.82) is 5.26 Å². The third-order valence-electron chi connectivity index (χ3n) is 2.76. The highest BCUT2D eigenvalue weighted by atomic mass is 35.5. The van der Waals surface area contributed by atoms with Crippen LogP contribution in [0, 0.1) is 17.2 Å². The van der Waals surface area contributed by atoms with E-state index < -0.39 is 0 Å². The van der Waals surface area contributed by atoms with E-state index in [1.807, 2.05) is 6.92 Å². The van der Waals surface area contributed by atoms with Gasteiger partial charge < -0.3 is 10.2 Å². The quantitative estimate of drug-likeness (QED) is 0.876. The molecule has 20 heavy (non-hydrogen) atoms. The predicted molar refractivity (Wildman–Crippen MR) is 79.8 cm³/mol. The first-order valence-corrected chi connectivity index (χ1v) is 6.91. The van der Waals surface area contributed by atoms with Crippen molar-refractivity contribution < 1.29 is 4.79 Å². The lowest BCUT2D eigenvalue weighted by Gasteiger charge is -2.19. The van der Waals surface area contributed by atoms with Gasteiger partial charge in [0.15, 0.2) is 0 Å². The Morgan fingerprint density at radius 3 is 2.95 bits per heavy atom. The van der Waals surface area contributed by atoms with Gasteiger partial charge >= 0.3 is 0 Å². The second-order valence-corrected chi connectivity index (χ2v) is 5.10. The number of amides is 1. The number of nitrogens with one attached hydrogen (secondary N) is 1. The Morgan fingerprint density at radius 2 is 2.35 bits per heavy atom. The highest BCUT2D eigenvalue weighted by Crippen LogP contribution is 2.20. The van der Waals surface area contributed by atoms with Crippen LogP contribution in [-0.4, -0.2) is 35.9 Å². The van der Waals surface area contributed by atoms with Gasteiger partial charge in [0, 0.05) is 26.3 Å². The number of carbonyl (C=O) groups excluding carboxylic acids is 1. The summed E-state index contributed by atoms with van der Waals surface area (Å²) in [7, 11) is 1.66. The predicted octanol–water partition coefficient (Wildman–Crippen LogP) is 2.79. The SMILES string of the molecule is CCCNc1cc(C(=O)N(C)CC(C)C#N)c(Cl)cn1. The Bertz CT molecular complexity index is 512. The molecule has 6 heteroatoms. The van der Waals surface area contributed by atoms with E-state index in [1.54, 1.807) is 20.0 Å². The zero-order valence-corrected chi connectivity index (χ0v) is 12.7. The Kier molecular flexibility index (Phi) is 6.26. The van der Waals surface area contributed by atoms with Crippen molar-refractivity contribution in [2.75, 3.05) is 25.5 Å². The molecule has 0 aromatic carbocycles. The van der Waals surface area contributed by atoms with E-state index >= 15 is 0 Å². The molecular weight excluding hydrogens is 276 g/mol. The molecule has 0 aliphatic rings. The van der Waals surface area contributed by atoms with E-state index in [4.69, 9.17) is 16.9 Å². The summed E-state index contributed by atoms with van der Waals surface area (Å²) < 4.78 is 0. The standard InChI is InChI=1S/C14H19ClN4O/c1-4-5-17-13-6-11(12(15)8-18-13)14(20)19(3)9-10(2)7-16/h6,8,10H,4-5,9H2,1-3H3,(H,17,18). The van der Waals surface area contributed by atoms with E-state index in [2.05, 4.69) is 16.4 Å². The molecule has 0 bridgehead atoms. The van der Waals surface area contributed by atoms with Gasteiger partial charge in [0.05, 0.1) is 22.6 Å². The van der Waals surface area contributed by atoms with E-state index in [0.717, 1.165) is 13.0 Å². The number of anilines is 1. The van der Waals surface area contributed by atoms with Crippen molar-refractivity contribution in [3.8, 4) is 6.07 Å². The first-order valence-electron chi connectivity index (χ1n) is 6.54. The zero-order valence-electron chi connectivity index (χ0n) is 12.0. The van der Waals surface area contributed by atoms with Crippen molar-refractivity contribution in [2.45, 2.75) is 20.3 Å². The van der Waals surface area contributed by atoms with Crippen molar-refractivity contribution >= 4 is 23.3 Å². The molecule has 5 nitrogen and oxygen atoms in total. The number of aromatic nitrogens is 1. The summed E-state index contributed by atoms with van der Waals surface area (Å²) in [6.07, 6.45) is 2.43. The molecule has 1 aromatic rings. The first-order chi connectivity index (χ1) is 9.49. The van der Waals surface area contributed by atoms with Crippen LogP contribution in [0.2, 0.25) is 5.02 Å². The summed E-state index contributed by atoms with van der Waals surface area (Å²) in [4.78, 5) is 17.9. The minimum atomic E-state index is -0.220. The summed E-state index contributed by atoms with van der Waals surface area (Å²) in [5, 5.41) is 12.2. The lowest BCUT2D eigenvalue weighted by Crippen LogP contribution is -2.31. The molecule has 1 unspecified atom stereocenters. The molecule has 0 saturated heterocycles. The molecule has 1 heterocycles. The van der Waals surface area contributed by atoms with Crippen LogP contribution in [0.4, 0.5) is 5.82 Å². The Morgan fingerprint density at radius 1 is 1.65 bits per heavy atom. The molecule has 1 amide bonds. The molecule has 0 aliphatic heterocycles. The van der Waals surface area contributed by atoms with Gasteiger partial charge in [0.25, 0.3) is 5.91 Å².